The number of H-pyrrole nitrogens is 1. The molecule has 18 heavy (non-hydrogen) atoms. The quantitative estimate of drug-likeness (QED) is 0.736. The van der Waals surface area contributed by atoms with Crippen molar-refractivity contribution < 1.29 is 9.69 Å². The van der Waals surface area contributed by atoms with Crippen LogP contribution in [0.1, 0.15) is 10.4 Å². The van der Waals surface area contributed by atoms with E-state index in [0.717, 1.165) is 42.6 Å². The number of carbonyl (C=O) groups excluding carboxylic acids is 1. The van der Waals surface area contributed by atoms with E-state index in [1.165, 1.54) is 4.90 Å². The number of hydrogen-bond acceptors (Lipinski definition) is 1. The van der Waals surface area contributed by atoms with E-state index in [1.807, 2.05) is 35.4 Å². The Bertz CT molecular complexity index is 567. The average molecular weight is 244 g/mol. The summed E-state index contributed by atoms with van der Waals surface area (Å²) in [5.74, 6) is 0.149. The molecule has 4 nitrogen and oxygen atoms in total. The number of rotatable bonds is 1. The lowest BCUT2D eigenvalue weighted by Crippen LogP contribution is -3.12. The van der Waals surface area contributed by atoms with Crippen molar-refractivity contribution in [1.82, 2.24) is 9.88 Å². The third-order valence-electron chi connectivity index (χ3n) is 3.72. The van der Waals surface area contributed by atoms with Gasteiger partial charge in [-0.05, 0) is 12.1 Å². The molecule has 2 aromatic rings. The molecule has 94 valence electrons. The molecule has 0 radical (unpaired) electrons. The van der Waals surface area contributed by atoms with Gasteiger partial charge in [0.2, 0.25) is 0 Å². The molecule has 4 heteroatoms. The minimum atomic E-state index is 0.149. The number of para-hydroxylation sites is 1. The number of quaternary nitrogens is 1. The number of nitrogens with zero attached hydrogens (tertiary/aromatic N) is 1. The number of likely N-dealkylation sites (N-methyl/N-ethyl adjacent to an activating group) is 1. The van der Waals surface area contributed by atoms with E-state index < -0.39 is 0 Å². The zero-order valence-corrected chi connectivity index (χ0v) is 10.6. The molecule has 1 aromatic carbocycles. The molecule has 1 aliphatic rings. The number of aromatic nitrogens is 1. The molecule has 1 fully saturated rings. The highest BCUT2D eigenvalue weighted by molar-refractivity contribution is 6.05. The van der Waals surface area contributed by atoms with E-state index in [9.17, 15) is 4.79 Å². The van der Waals surface area contributed by atoms with Gasteiger partial charge in [0.15, 0.2) is 0 Å². The zero-order valence-electron chi connectivity index (χ0n) is 10.6. The smallest absolute Gasteiger partial charge is 0.256 e. The van der Waals surface area contributed by atoms with Gasteiger partial charge in [0.1, 0.15) is 0 Å². The molecule has 0 saturated carbocycles. The number of nitrogens with one attached hydrogen (secondary N) is 2. The monoisotopic (exact) mass is 244 g/mol. The minimum absolute atomic E-state index is 0.149. The Kier molecular flexibility index (Phi) is 2.80. The van der Waals surface area contributed by atoms with Crippen molar-refractivity contribution in [2.75, 3.05) is 33.2 Å². The fourth-order valence-corrected chi connectivity index (χ4v) is 2.53. The summed E-state index contributed by atoms with van der Waals surface area (Å²) in [5, 5.41) is 1.10. The minimum Gasteiger partial charge on any atom is -0.361 e. The number of amides is 1. The highest BCUT2D eigenvalue weighted by atomic mass is 16.2. The maximum atomic E-state index is 12.5. The van der Waals surface area contributed by atoms with Crippen LogP contribution in [0.25, 0.3) is 10.9 Å². The first-order chi connectivity index (χ1) is 8.75. The van der Waals surface area contributed by atoms with Crippen molar-refractivity contribution in [1.29, 1.82) is 0 Å². The predicted molar refractivity (Wildman–Crippen MR) is 70.8 cm³/mol. The van der Waals surface area contributed by atoms with Crippen LogP contribution in [-0.2, 0) is 0 Å². The van der Waals surface area contributed by atoms with Gasteiger partial charge in [0.05, 0.1) is 44.3 Å². The molecular formula is C14H18N3O+. The third-order valence-corrected chi connectivity index (χ3v) is 3.72. The van der Waals surface area contributed by atoms with Gasteiger partial charge >= 0.3 is 0 Å². The molecule has 1 aromatic heterocycles. The van der Waals surface area contributed by atoms with Crippen LogP contribution >= 0.6 is 0 Å². The third kappa shape index (κ3) is 1.88. The van der Waals surface area contributed by atoms with Gasteiger partial charge in [-0.3, -0.25) is 4.79 Å². The van der Waals surface area contributed by atoms with Crippen molar-refractivity contribution >= 4 is 16.8 Å². The standard InChI is InChI=1S/C14H17N3O/c1-16-7-9-17(10-8-16)14(18)12-4-2-3-11-5-6-15-13(11)12/h2-6,15H,7-10H2,1H3/p+1. The summed E-state index contributed by atoms with van der Waals surface area (Å²) in [6.07, 6.45) is 1.88. The van der Waals surface area contributed by atoms with Crippen LogP contribution in [0, 0.1) is 0 Å². The van der Waals surface area contributed by atoms with E-state index in [-0.39, 0.29) is 5.91 Å². The molecule has 2 N–H and O–H groups in total. The van der Waals surface area contributed by atoms with E-state index in [1.54, 1.807) is 0 Å². The fourth-order valence-electron chi connectivity index (χ4n) is 2.53. The Balaban J connectivity index is 1.90. The molecule has 0 aliphatic carbocycles. The normalized spacial score (nSPS) is 17.3. The number of hydrogen-bond donors (Lipinski definition) is 2. The number of fused-ring (bicyclic) bond motifs is 1. The lowest BCUT2D eigenvalue weighted by Gasteiger charge is -2.30. The van der Waals surface area contributed by atoms with Gasteiger partial charge in [-0.15, -0.1) is 0 Å². The van der Waals surface area contributed by atoms with Gasteiger partial charge < -0.3 is 14.8 Å². The highest BCUT2D eigenvalue weighted by Gasteiger charge is 2.23. The second-order valence-corrected chi connectivity index (χ2v) is 5.00. The van der Waals surface area contributed by atoms with Crippen LogP contribution in [0.2, 0.25) is 0 Å². The second kappa shape index (κ2) is 4.46. The SMILES string of the molecule is C[NH+]1CCN(C(=O)c2cccc3cc[nH]c23)CC1. The first-order valence-electron chi connectivity index (χ1n) is 6.42. The first-order valence-corrected chi connectivity index (χ1v) is 6.42. The topological polar surface area (TPSA) is 40.5 Å². The van der Waals surface area contributed by atoms with Gasteiger partial charge in [0, 0.05) is 11.6 Å². The van der Waals surface area contributed by atoms with E-state index in [0.29, 0.717) is 0 Å². The molecular weight excluding hydrogens is 226 g/mol. The first kappa shape index (κ1) is 11.3. The van der Waals surface area contributed by atoms with Crippen molar-refractivity contribution in [3.63, 3.8) is 0 Å². The summed E-state index contributed by atoms with van der Waals surface area (Å²) < 4.78 is 0. The van der Waals surface area contributed by atoms with Crippen molar-refractivity contribution in [3.8, 4) is 0 Å². The Morgan fingerprint density at radius 2 is 2.06 bits per heavy atom. The maximum Gasteiger partial charge on any atom is 0.256 e. The average Bonchev–Trinajstić information content (AvgIpc) is 2.87. The lowest BCUT2D eigenvalue weighted by molar-refractivity contribution is -0.883. The van der Waals surface area contributed by atoms with Crippen LogP contribution in [0.3, 0.4) is 0 Å². The maximum absolute atomic E-state index is 12.5. The summed E-state index contributed by atoms with van der Waals surface area (Å²) in [6, 6.07) is 7.88. The van der Waals surface area contributed by atoms with E-state index in [2.05, 4.69) is 12.0 Å². The summed E-state index contributed by atoms with van der Waals surface area (Å²) in [7, 11) is 2.17. The van der Waals surface area contributed by atoms with Gasteiger partial charge in [0.25, 0.3) is 5.91 Å². The lowest BCUT2D eigenvalue weighted by atomic mass is 10.1. The summed E-state index contributed by atoms with van der Waals surface area (Å²) >= 11 is 0. The van der Waals surface area contributed by atoms with Crippen LogP contribution in [-0.4, -0.2) is 49.0 Å². The molecule has 2 heterocycles. The predicted octanol–water partition coefficient (Wildman–Crippen LogP) is 0.138. The van der Waals surface area contributed by atoms with Crippen molar-refractivity contribution in [2.45, 2.75) is 0 Å². The number of benzene rings is 1. The fraction of sp³-hybridized carbons (Fsp3) is 0.357. The van der Waals surface area contributed by atoms with Crippen LogP contribution < -0.4 is 4.90 Å². The molecule has 1 aliphatic heterocycles. The Morgan fingerprint density at radius 1 is 1.28 bits per heavy atom. The van der Waals surface area contributed by atoms with Crippen LogP contribution in [0.5, 0.6) is 0 Å². The van der Waals surface area contributed by atoms with Gasteiger partial charge in [-0.25, -0.2) is 0 Å². The zero-order chi connectivity index (χ0) is 12.5. The van der Waals surface area contributed by atoms with E-state index in [4.69, 9.17) is 0 Å². The molecule has 0 spiro atoms. The van der Waals surface area contributed by atoms with Gasteiger partial charge in [-0.2, -0.15) is 0 Å². The molecule has 3 rings (SSSR count). The van der Waals surface area contributed by atoms with Crippen LogP contribution in [0.4, 0.5) is 0 Å². The van der Waals surface area contributed by atoms with Gasteiger partial charge in [-0.1, -0.05) is 12.1 Å². The molecule has 0 bridgehead atoms. The molecule has 1 saturated heterocycles. The molecule has 0 atom stereocenters. The van der Waals surface area contributed by atoms with E-state index >= 15 is 0 Å². The largest absolute Gasteiger partial charge is 0.361 e. The number of piperazine rings is 1. The summed E-state index contributed by atoms with van der Waals surface area (Å²) in [5.41, 5.74) is 1.74. The van der Waals surface area contributed by atoms with Crippen molar-refractivity contribution in [2.24, 2.45) is 0 Å². The summed E-state index contributed by atoms with van der Waals surface area (Å²) in [4.78, 5) is 19.1. The Morgan fingerprint density at radius 3 is 2.83 bits per heavy atom. The molecule has 0 unspecified atom stereocenters. The highest BCUT2D eigenvalue weighted by Crippen LogP contribution is 2.18. The van der Waals surface area contributed by atoms with Crippen molar-refractivity contribution in [3.05, 3.63) is 36.0 Å². The molecule has 1 amide bonds. The number of carbonyl (C=O) groups is 1. The second-order valence-electron chi connectivity index (χ2n) is 5.00. The van der Waals surface area contributed by atoms with Crippen LogP contribution in [0.15, 0.2) is 30.5 Å². The Labute approximate surface area is 106 Å². The number of aromatic amines is 1. The Hall–Kier alpha value is -1.81. The summed E-state index contributed by atoms with van der Waals surface area (Å²) in [6.45, 7) is 3.77.